The van der Waals surface area contributed by atoms with E-state index in [0.717, 1.165) is 0 Å². The van der Waals surface area contributed by atoms with Crippen LogP contribution in [0.2, 0.25) is 0 Å². The molecule has 0 spiro atoms. The molecule has 0 saturated carbocycles. The van der Waals surface area contributed by atoms with Gasteiger partial charge < -0.3 is 9.47 Å². The van der Waals surface area contributed by atoms with Crippen molar-refractivity contribution < 1.29 is 14.3 Å². The summed E-state index contributed by atoms with van der Waals surface area (Å²) in [5.41, 5.74) is 0. The Morgan fingerprint density at radius 3 is 2.75 bits per heavy atom. The molecule has 1 radical (unpaired) electrons. The lowest BCUT2D eigenvalue weighted by molar-refractivity contribution is 0.0657. The van der Waals surface area contributed by atoms with Crippen LogP contribution < -0.4 is 0 Å². The summed E-state index contributed by atoms with van der Waals surface area (Å²) < 4.78 is 9.00. The summed E-state index contributed by atoms with van der Waals surface area (Å²) in [6.45, 7) is 3.38. The van der Waals surface area contributed by atoms with Crippen molar-refractivity contribution in [2.75, 3.05) is 13.7 Å². The van der Waals surface area contributed by atoms with Gasteiger partial charge in [-0.15, -0.1) is 0 Å². The molecule has 1 atom stereocenters. The van der Waals surface area contributed by atoms with Gasteiger partial charge in [0.25, 0.3) is 0 Å². The fraction of sp³-hybridized carbons (Fsp3) is 0.800. The van der Waals surface area contributed by atoms with Crippen molar-refractivity contribution in [3.63, 3.8) is 0 Å². The van der Waals surface area contributed by atoms with E-state index >= 15 is 0 Å². The summed E-state index contributed by atoms with van der Waals surface area (Å²) in [5.74, 6) is 0. The van der Waals surface area contributed by atoms with Crippen molar-refractivity contribution in [2.24, 2.45) is 0 Å². The number of methoxy groups -OCH3 is 1. The zero-order chi connectivity index (χ0) is 6.41. The Bertz CT molecular complexity index is 62.7. The van der Waals surface area contributed by atoms with Crippen molar-refractivity contribution >= 4 is 6.47 Å². The molecule has 0 aromatic heterocycles. The van der Waals surface area contributed by atoms with Gasteiger partial charge in [0.1, 0.15) is 6.61 Å². The molecule has 0 N–H and O–H groups in total. The average molecular weight is 117 g/mol. The van der Waals surface area contributed by atoms with Gasteiger partial charge in [-0.1, -0.05) is 0 Å². The minimum absolute atomic E-state index is 0.0311. The van der Waals surface area contributed by atoms with Crippen LogP contribution >= 0.6 is 0 Å². The summed E-state index contributed by atoms with van der Waals surface area (Å²) in [4.78, 5) is 9.42. The van der Waals surface area contributed by atoms with Crippen LogP contribution in [0.15, 0.2) is 0 Å². The van der Waals surface area contributed by atoms with Gasteiger partial charge in [0.15, 0.2) is 0 Å². The third-order valence-electron chi connectivity index (χ3n) is 0.779. The summed E-state index contributed by atoms with van der Waals surface area (Å²) in [6, 6.07) is 0. The van der Waals surface area contributed by atoms with Crippen molar-refractivity contribution in [2.45, 2.75) is 13.0 Å². The van der Waals surface area contributed by atoms with E-state index in [-0.39, 0.29) is 12.7 Å². The van der Waals surface area contributed by atoms with Crippen LogP contribution in [0, 0.1) is 0 Å². The second-order valence-corrected chi connectivity index (χ2v) is 1.44. The number of carbonyl (C=O) groups excluding carboxylic acids is 1. The molecule has 1 unspecified atom stereocenters. The average Bonchev–Trinajstić information content (AvgIpc) is 1.83. The van der Waals surface area contributed by atoms with Crippen LogP contribution in [0.3, 0.4) is 0 Å². The standard InChI is InChI=1S/C5H9O3/c1-5(7-2)3-8-4-6/h5H,3H2,1-2H3. The molecule has 0 aliphatic heterocycles. The quantitative estimate of drug-likeness (QED) is 0.524. The zero-order valence-electron chi connectivity index (χ0n) is 5.01. The van der Waals surface area contributed by atoms with Crippen molar-refractivity contribution in [3.8, 4) is 0 Å². The van der Waals surface area contributed by atoms with Gasteiger partial charge in [-0.2, -0.15) is 0 Å². The minimum Gasteiger partial charge on any atom is -0.455 e. The molecule has 3 nitrogen and oxygen atoms in total. The smallest absolute Gasteiger partial charge is 0.417 e. The number of rotatable bonds is 4. The van der Waals surface area contributed by atoms with Gasteiger partial charge in [-0.05, 0) is 6.92 Å². The predicted octanol–water partition coefficient (Wildman–Crippen LogP) is 0.105. The molecule has 8 heavy (non-hydrogen) atoms. The number of hydrogen-bond acceptors (Lipinski definition) is 3. The van der Waals surface area contributed by atoms with Crippen LogP contribution in [0.5, 0.6) is 0 Å². The summed E-state index contributed by atoms with van der Waals surface area (Å²) in [7, 11) is 1.55. The lowest BCUT2D eigenvalue weighted by Gasteiger charge is -2.04. The first kappa shape index (κ1) is 7.43. The fourth-order valence-electron chi connectivity index (χ4n) is 0.219. The molecule has 0 saturated heterocycles. The molecule has 0 aliphatic carbocycles. The second-order valence-electron chi connectivity index (χ2n) is 1.44. The van der Waals surface area contributed by atoms with Gasteiger partial charge in [0, 0.05) is 7.11 Å². The van der Waals surface area contributed by atoms with Gasteiger partial charge >= 0.3 is 6.47 Å². The molecule has 0 rings (SSSR count). The molecule has 3 heteroatoms. The van der Waals surface area contributed by atoms with Crippen LogP contribution in [0.4, 0.5) is 0 Å². The van der Waals surface area contributed by atoms with Crippen LogP contribution in [-0.4, -0.2) is 26.3 Å². The monoisotopic (exact) mass is 117 g/mol. The summed E-state index contributed by atoms with van der Waals surface area (Å²) in [6.07, 6.45) is -0.0311. The molecule has 47 valence electrons. The van der Waals surface area contributed by atoms with Crippen molar-refractivity contribution in [1.82, 2.24) is 0 Å². The highest BCUT2D eigenvalue weighted by molar-refractivity contribution is 5.38. The molecule has 0 amide bonds. The molecule has 0 aliphatic rings. The SMILES string of the molecule is COC(C)CO[C]=O. The normalized spacial score (nSPS) is 12.8. The molecule has 0 aromatic rings. The van der Waals surface area contributed by atoms with E-state index in [1.54, 1.807) is 14.0 Å². The maximum absolute atomic E-state index is 9.42. The largest absolute Gasteiger partial charge is 0.455 e. The van der Waals surface area contributed by atoms with E-state index in [4.69, 9.17) is 4.74 Å². The first-order valence-electron chi connectivity index (χ1n) is 2.33. The van der Waals surface area contributed by atoms with Gasteiger partial charge in [0.2, 0.25) is 0 Å². The molecule has 0 bridgehead atoms. The summed E-state index contributed by atoms with van der Waals surface area (Å²) >= 11 is 0. The molecule has 0 fully saturated rings. The van der Waals surface area contributed by atoms with E-state index in [0.29, 0.717) is 0 Å². The minimum atomic E-state index is -0.0311. The molecular weight excluding hydrogens is 108 g/mol. The maximum Gasteiger partial charge on any atom is 0.417 e. The third kappa shape index (κ3) is 3.61. The van der Waals surface area contributed by atoms with E-state index in [1.165, 1.54) is 6.47 Å². The van der Waals surface area contributed by atoms with Gasteiger partial charge in [-0.25, -0.2) is 4.79 Å². The highest BCUT2D eigenvalue weighted by Crippen LogP contribution is 1.85. The first-order valence-corrected chi connectivity index (χ1v) is 2.33. The van der Waals surface area contributed by atoms with Crippen LogP contribution in [-0.2, 0) is 14.3 Å². The van der Waals surface area contributed by atoms with E-state index < -0.39 is 0 Å². The predicted molar refractivity (Wildman–Crippen MR) is 28.1 cm³/mol. The third-order valence-corrected chi connectivity index (χ3v) is 0.779. The first-order chi connectivity index (χ1) is 3.81. The lowest BCUT2D eigenvalue weighted by Crippen LogP contribution is -2.12. The van der Waals surface area contributed by atoms with Crippen LogP contribution in [0.25, 0.3) is 0 Å². The van der Waals surface area contributed by atoms with E-state index in [1.807, 2.05) is 0 Å². The number of hydrogen-bond donors (Lipinski definition) is 0. The van der Waals surface area contributed by atoms with Crippen LogP contribution in [0.1, 0.15) is 6.92 Å². The highest BCUT2D eigenvalue weighted by atomic mass is 16.5. The molecular formula is C5H9O3. The Kier molecular flexibility index (Phi) is 4.26. The fourth-order valence-corrected chi connectivity index (χ4v) is 0.219. The lowest BCUT2D eigenvalue weighted by atomic mass is 10.4. The van der Waals surface area contributed by atoms with Gasteiger partial charge in [0.05, 0.1) is 6.10 Å². The number of ether oxygens (including phenoxy) is 2. The Labute approximate surface area is 48.6 Å². The summed E-state index contributed by atoms with van der Waals surface area (Å²) in [5, 5.41) is 0. The molecule has 0 aromatic carbocycles. The Morgan fingerprint density at radius 2 is 2.38 bits per heavy atom. The van der Waals surface area contributed by atoms with Gasteiger partial charge in [-0.3, -0.25) is 0 Å². The Hall–Kier alpha value is -0.570. The Balaban J connectivity index is 2.97. The Morgan fingerprint density at radius 1 is 1.75 bits per heavy atom. The topological polar surface area (TPSA) is 35.5 Å². The maximum atomic E-state index is 9.42. The van der Waals surface area contributed by atoms with Crippen molar-refractivity contribution in [1.29, 1.82) is 0 Å². The van der Waals surface area contributed by atoms with E-state index in [2.05, 4.69) is 4.74 Å². The van der Waals surface area contributed by atoms with Crippen molar-refractivity contribution in [3.05, 3.63) is 0 Å². The second kappa shape index (κ2) is 4.59. The molecule has 0 heterocycles. The zero-order valence-corrected chi connectivity index (χ0v) is 5.01. The van der Waals surface area contributed by atoms with E-state index in [9.17, 15) is 4.79 Å². The highest BCUT2D eigenvalue weighted by Gasteiger charge is 1.96.